The lowest BCUT2D eigenvalue weighted by molar-refractivity contribution is -0.130. The van der Waals surface area contributed by atoms with Gasteiger partial charge in [-0.1, -0.05) is 11.8 Å². The zero-order chi connectivity index (χ0) is 20.8. The zero-order valence-corrected chi connectivity index (χ0v) is 17.3. The number of sulfonamides is 1. The number of hydrogen-bond acceptors (Lipinski definition) is 7. The van der Waals surface area contributed by atoms with Crippen LogP contribution in [-0.2, 0) is 14.8 Å². The van der Waals surface area contributed by atoms with Crippen molar-refractivity contribution < 1.29 is 28.3 Å². The molecule has 28 heavy (non-hydrogen) atoms. The quantitative estimate of drug-likeness (QED) is 0.349. The first-order valence-corrected chi connectivity index (χ1v) is 11.0. The van der Waals surface area contributed by atoms with E-state index < -0.39 is 26.7 Å². The Labute approximate surface area is 169 Å². The summed E-state index contributed by atoms with van der Waals surface area (Å²) in [6.07, 6.45) is -0.138. The Kier molecular flexibility index (Phi) is 7.74. The molecule has 1 aliphatic rings. The molecule has 0 bridgehead atoms. The molecule has 0 aromatic heterocycles. The molecule has 1 unspecified atom stereocenters. The largest absolute Gasteiger partial charge is 0.481 e. The number of carbonyl (C=O) groups is 1. The number of thioether (sulfide) groups is 1. The minimum atomic E-state index is -3.84. The van der Waals surface area contributed by atoms with E-state index in [-0.39, 0.29) is 31.1 Å². The van der Waals surface area contributed by atoms with Crippen LogP contribution >= 0.6 is 11.8 Å². The van der Waals surface area contributed by atoms with Crippen molar-refractivity contribution in [2.75, 3.05) is 25.5 Å². The van der Waals surface area contributed by atoms with E-state index in [4.69, 9.17) is 15.1 Å². The molecule has 0 spiro atoms. The van der Waals surface area contributed by atoms with Gasteiger partial charge in [0.15, 0.2) is 0 Å². The van der Waals surface area contributed by atoms with Gasteiger partial charge in [0.1, 0.15) is 19.0 Å². The van der Waals surface area contributed by atoms with Crippen LogP contribution in [0.4, 0.5) is 0 Å². The van der Waals surface area contributed by atoms with Gasteiger partial charge in [0.2, 0.25) is 15.9 Å². The third-order valence-electron chi connectivity index (χ3n) is 4.38. The van der Waals surface area contributed by atoms with Gasteiger partial charge in [0.25, 0.3) is 0 Å². The van der Waals surface area contributed by atoms with Crippen LogP contribution in [-0.4, -0.2) is 65.2 Å². The first-order valence-electron chi connectivity index (χ1n) is 8.60. The van der Waals surface area contributed by atoms with Gasteiger partial charge in [-0.05, 0) is 38.1 Å². The first kappa shape index (κ1) is 22.5. The van der Waals surface area contributed by atoms with Crippen LogP contribution in [0.5, 0.6) is 5.75 Å². The number of carbonyl (C=O) groups excluding carboxylic acids is 1. The summed E-state index contributed by atoms with van der Waals surface area (Å²) in [4.78, 5) is 11.8. The molecule has 8 nitrogen and oxygen atoms in total. The number of aliphatic hydroxyl groups is 1. The molecular weight excluding hydrogens is 404 g/mol. The topological polar surface area (TPSA) is 116 Å². The summed E-state index contributed by atoms with van der Waals surface area (Å²) in [5.41, 5.74) is 1.58. The van der Waals surface area contributed by atoms with Crippen molar-refractivity contribution >= 4 is 27.7 Å². The summed E-state index contributed by atoms with van der Waals surface area (Å²) in [5.74, 6) is 5.49. The molecular formula is C18H24N2O6S2. The maximum atomic E-state index is 13.2. The normalized spacial score (nSPS) is 19.4. The molecule has 1 atom stereocenters. The molecule has 1 heterocycles. The van der Waals surface area contributed by atoms with E-state index in [9.17, 15) is 13.2 Å². The van der Waals surface area contributed by atoms with E-state index >= 15 is 0 Å². The smallest absolute Gasteiger partial charge is 0.245 e. The lowest BCUT2D eigenvalue weighted by atomic mass is 9.99. The van der Waals surface area contributed by atoms with Gasteiger partial charge < -0.3 is 9.84 Å². The van der Waals surface area contributed by atoms with E-state index in [1.807, 2.05) is 13.8 Å². The van der Waals surface area contributed by atoms with Gasteiger partial charge in [0, 0.05) is 29.5 Å². The molecule has 1 aliphatic heterocycles. The van der Waals surface area contributed by atoms with Crippen LogP contribution in [0.25, 0.3) is 0 Å². The molecule has 1 fully saturated rings. The van der Waals surface area contributed by atoms with Crippen molar-refractivity contribution in [1.82, 2.24) is 9.79 Å². The van der Waals surface area contributed by atoms with Crippen LogP contribution in [0.15, 0.2) is 29.2 Å². The second-order valence-electron chi connectivity index (χ2n) is 6.59. The maximum Gasteiger partial charge on any atom is 0.245 e. The average Bonchev–Trinajstić information content (AvgIpc) is 2.66. The van der Waals surface area contributed by atoms with Crippen LogP contribution in [0.2, 0.25) is 0 Å². The molecule has 2 rings (SSSR count). The summed E-state index contributed by atoms with van der Waals surface area (Å²) < 4.78 is 32.6. The summed E-state index contributed by atoms with van der Waals surface area (Å²) in [6.45, 7) is 3.88. The number of hydroxylamine groups is 1. The van der Waals surface area contributed by atoms with Gasteiger partial charge in [-0.3, -0.25) is 10.0 Å². The van der Waals surface area contributed by atoms with E-state index in [1.165, 1.54) is 28.6 Å². The molecule has 3 N–H and O–H groups in total. The monoisotopic (exact) mass is 428 g/mol. The van der Waals surface area contributed by atoms with Crippen LogP contribution in [0, 0.1) is 11.8 Å². The fourth-order valence-electron chi connectivity index (χ4n) is 2.92. The SMILES string of the molecule is CC1(C)SCCN(S(=O)(=O)c2ccc(OCC#CCO)cc2)C1CC(=O)NO. The summed E-state index contributed by atoms with van der Waals surface area (Å²) in [7, 11) is -3.84. The number of nitrogens with zero attached hydrogens (tertiary/aromatic N) is 1. The van der Waals surface area contributed by atoms with E-state index in [1.54, 1.807) is 17.2 Å². The molecule has 0 radical (unpaired) electrons. The zero-order valence-electron chi connectivity index (χ0n) is 15.7. The Balaban J connectivity index is 2.24. The number of amides is 1. The highest BCUT2D eigenvalue weighted by Crippen LogP contribution is 2.39. The Morgan fingerprint density at radius 1 is 1.36 bits per heavy atom. The highest BCUT2D eigenvalue weighted by molar-refractivity contribution is 8.00. The molecule has 0 aliphatic carbocycles. The molecule has 1 amide bonds. The number of aliphatic hydroxyl groups excluding tert-OH is 1. The minimum absolute atomic E-state index is 0.0859. The Morgan fingerprint density at radius 2 is 2.04 bits per heavy atom. The van der Waals surface area contributed by atoms with Crippen molar-refractivity contribution in [1.29, 1.82) is 0 Å². The second-order valence-corrected chi connectivity index (χ2v) is 10.2. The van der Waals surface area contributed by atoms with E-state index in [2.05, 4.69) is 11.8 Å². The molecule has 0 saturated carbocycles. The van der Waals surface area contributed by atoms with E-state index in [0.717, 1.165) is 0 Å². The summed E-state index contributed by atoms with van der Waals surface area (Å²) >= 11 is 1.59. The predicted octanol–water partition coefficient (Wildman–Crippen LogP) is 0.841. The van der Waals surface area contributed by atoms with Gasteiger partial charge in [-0.25, -0.2) is 13.9 Å². The number of hydrogen-bond donors (Lipinski definition) is 3. The van der Waals surface area contributed by atoms with Gasteiger partial charge in [-0.15, -0.1) is 0 Å². The third kappa shape index (κ3) is 5.40. The van der Waals surface area contributed by atoms with Crippen molar-refractivity contribution in [3.63, 3.8) is 0 Å². The Bertz CT molecular complexity index is 843. The van der Waals surface area contributed by atoms with Crippen LogP contribution in [0.1, 0.15) is 20.3 Å². The van der Waals surface area contributed by atoms with Gasteiger partial charge in [0.05, 0.1) is 4.90 Å². The van der Waals surface area contributed by atoms with E-state index in [0.29, 0.717) is 11.5 Å². The predicted molar refractivity (Wildman–Crippen MR) is 106 cm³/mol. The lowest BCUT2D eigenvalue weighted by Gasteiger charge is -2.44. The summed E-state index contributed by atoms with van der Waals surface area (Å²) in [5, 5.41) is 17.5. The second kappa shape index (κ2) is 9.62. The molecule has 1 aromatic carbocycles. The highest BCUT2D eigenvalue weighted by atomic mass is 32.2. The number of nitrogens with one attached hydrogen (secondary N) is 1. The molecule has 10 heteroatoms. The third-order valence-corrected chi connectivity index (χ3v) is 7.71. The number of benzene rings is 1. The maximum absolute atomic E-state index is 13.2. The van der Waals surface area contributed by atoms with Crippen molar-refractivity contribution in [2.45, 2.75) is 36.0 Å². The average molecular weight is 429 g/mol. The first-order chi connectivity index (χ1) is 13.2. The standard InChI is InChI=1S/C18H24N2O6S2/c1-18(2)16(13-17(22)19-23)20(9-12-27-18)28(24,25)15-7-5-14(6-8-15)26-11-4-3-10-21/h5-8,16,21,23H,9-13H2,1-2H3,(H,19,22). The van der Waals surface area contributed by atoms with Gasteiger partial charge >= 0.3 is 0 Å². The number of ether oxygens (including phenoxy) is 1. The lowest BCUT2D eigenvalue weighted by Crippen LogP contribution is -2.56. The Hall–Kier alpha value is -1.77. The molecule has 1 aromatic rings. The van der Waals surface area contributed by atoms with Crippen molar-refractivity contribution in [2.24, 2.45) is 0 Å². The van der Waals surface area contributed by atoms with Crippen molar-refractivity contribution in [3.05, 3.63) is 24.3 Å². The van der Waals surface area contributed by atoms with Crippen LogP contribution in [0.3, 0.4) is 0 Å². The highest BCUT2D eigenvalue weighted by Gasteiger charge is 2.44. The summed E-state index contributed by atoms with van der Waals surface area (Å²) in [6, 6.07) is 5.36. The van der Waals surface area contributed by atoms with Crippen LogP contribution < -0.4 is 10.2 Å². The minimum Gasteiger partial charge on any atom is -0.481 e. The molecule has 1 saturated heterocycles. The Morgan fingerprint density at radius 3 is 2.64 bits per heavy atom. The fourth-order valence-corrected chi connectivity index (χ4v) is 6.08. The number of rotatable bonds is 6. The van der Waals surface area contributed by atoms with Gasteiger partial charge in [-0.2, -0.15) is 16.1 Å². The fraction of sp³-hybridized carbons (Fsp3) is 0.500. The molecule has 154 valence electrons. The van der Waals surface area contributed by atoms with Crippen molar-refractivity contribution in [3.8, 4) is 17.6 Å².